The van der Waals surface area contributed by atoms with E-state index in [0.29, 0.717) is 39.7 Å². The van der Waals surface area contributed by atoms with Crippen LogP contribution in [-0.4, -0.2) is 41.5 Å². The summed E-state index contributed by atoms with van der Waals surface area (Å²) in [7, 11) is 1.29. The number of ketones is 1. The molecule has 1 aliphatic heterocycles. The number of rotatable bonds is 6. The third-order valence-electron chi connectivity index (χ3n) is 6.28. The number of aliphatic hydroxyl groups is 1. The molecule has 192 valence electrons. The molecule has 3 aromatic carbocycles. The number of aromatic nitrogens is 1. The number of benzene rings is 3. The molecule has 2 heterocycles. The van der Waals surface area contributed by atoms with Crippen LogP contribution in [0.1, 0.15) is 40.0 Å². The lowest BCUT2D eigenvalue weighted by Crippen LogP contribution is -2.29. The van der Waals surface area contributed by atoms with Gasteiger partial charge >= 0.3 is 11.9 Å². The summed E-state index contributed by atoms with van der Waals surface area (Å²) in [5, 5.41) is 11.6. The minimum absolute atomic E-state index is 0.0565. The van der Waals surface area contributed by atoms with Crippen LogP contribution in [0.3, 0.4) is 0 Å². The van der Waals surface area contributed by atoms with Gasteiger partial charge in [0.2, 0.25) is 0 Å². The van der Waals surface area contributed by atoms with E-state index in [0.717, 1.165) is 10.3 Å². The van der Waals surface area contributed by atoms with Gasteiger partial charge in [0.15, 0.2) is 5.13 Å². The smallest absolute Gasteiger partial charge is 0.337 e. The quantitative estimate of drug-likeness (QED) is 0.154. The van der Waals surface area contributed by atoms with E-state index in [2.05, 4.69) is 4.98 Å². The fourth-order valence-corrected chi connectivity index (χ4v) is 5.40. The van der Waals surface area contributed by atoms with Crippen LogP contribution in [0.15, 0.2) is 72.3 Å². The number of carbonyl (C=O) groups excluding carboxylic acids is 3. The fraction of sp³-hybridized carbons (Fsp3) is 0.172. The van der Waals surface area contributed by atoms with Crippen molar-refractivity contribution in [3.05, 3.63) is 94.6 Å². The number of anilines is 1. The zero-order valence-electron chi connectivity index (χ0n) is 20.9. The Balaban J connectivity index is 1.68. The van der Waals surface area contributed by atoms with E-state index < -0.39 is 23.7 Å². The lowest BCUT2D eigenvalue weighted by Gasteiger charge is -2.23. The third kappa shape index (κ3) is 4.41. The number of aryl methyl sites for hydroxylation is 1. The van der Waals surface area contributed by atoms with Crippen LogP contribution in [0.4, 0.5) is 5.13 Å². The number of hydrogen-bond acceptors (Lipinski definition) is 8. The molecule has 0 saturated carbocycles. The van der Waals surface area contributed by atoms with Crippen LogP contribution in [0, 0.1) is 6.92 Å². The van der Waals surface area contributed by atoms with E-state index in [4.69, 9.17) is 9.47 Å². The van der Waals surface area contributed by atoms with Gasteiger partial charge in [-0.2, -0.15) is 0 Å². The molecule has 1 aromatic heterocycles. The van der Waals surface area contributed by atoms with Gasteiger partial charge in [0.1, 0.15) is 11.5 Å². The van der Waals surface area contributed by atoms with Crippen molar-refractivity contribution >= 4 is 50.1 Å². The number of carbonyl (C=O) groups is 3. The second kappa shape index (κ2) is 10.1. The average molecular weight is 529 g/mol. The first kappa shape index (κ1) is 25.2. The minimum atomic E-state index is -0.963. The van der Waals surface area contributed by atoms with E-state index in [1.54, 1.807) is 48.5 Å². The van der Waals surface area contributed by atoms with Crippen LogP contribution in [0.5, 0.6) is 5.75 Å². The van der Waals surface area contributed by atoms with Crippen molar-refractivity contribution in [2.75, 3.05) is 18.6 Å². The molecule has 38 heavy (non-hydrogen) atoms. The Morgan fingerprint density at radius 1 is 1.03 bits per heavy atom. The molecule has 0 radical (unpaired) electrons. The summed E-state index contributed by atoms with van der Waals surface area (Å²) in [6, 6.07) is 17.9. The van der Waals surface area contributed by atoms with Crippen molar-refractivity contribution in [2.24, 2.45) is 0 Å². The van der Waals surface area contributed by atoms with Gasteiger partial charge in [-0.25, -0.2) is 9.78 Å². The largest absolute Gasteiger partial charge is 0.507 e. The van der Waals surface area contributed by atoms with Gasteiger partial charge < -0.3 is 14.6 Å². The molecule has 1 aliphatic rings. The fourth-order valence-electron chi connectivity index (χ4n) is 4.38. The Kier molecular flexibility index (Phi) is 6.69. The normalized spacial score (nSPS) is 16.7. The highest BCUT2D eigenvalue weighted by Crippen LogP contribution is 2.44. The molecule has 4 aromatic rings. The van der Waals surface area contributed by atoms with E-state index in [9.17, 15) is 19.5 Å². The molecular formula is C29H24N2O6S. The minimum Gasteiger partial charge on any atom is -0.507 e. The van der Waals surface area contributed by atoms with Gasteiger partial charge in [0.25, 0.3) is 5.78 Å². The number of Topliss-reactive ketones (excluding diaryl/α,β-unsaturated/α-hetero) is 1. The molecule has 8 nitrogen and oxygen atoms in total. The Bertz CT molecular complexity index is 1590. The zero-order valence-corrected chi connectivity index (χ0v) is 21.7. The van der Waals surface area contributed by atoms with Gasteiger partial charge in [-0.1, -0.05) is 53.3 Å². The van der Waals surface area contributed by atoms with Crippen LogP contribution in [0.2, 0.25) is 0 Å². The van der Waals surface area contributed by atoms with Crippen molar-refractivity contribution in [3.8, 4) is 5.75 Å². The second-order valence-electron chi connectivity index (χ2n) is 8.71. The predicted molar refractivity (Wildman–Crippen MR) is 145 cm³/mol. The monoisotopic (exact) mass is 528 g/mol. The molecule has 0 aliphatic carbocycles. The van der Waals surface area contributed by atoms with Crippen molar-refractivity contribution in [3.63, 3.8) is 0 Å². The van der Waals surface area contributed by atoms with E-state index in [1.807, 2.05) is 32.0 Å². The molecule has 1 saturated heterocycles. The maximum absolute atomic E-state index is 13.5. The molecule has 5 rings (SSSR count). The molecule has 1 fully saturated rings. The molecule has 1 amide bonds. The Labute approximate surface area is 222 Å². The Morgan fingerprint density at radius 2 is 1.71 bits per heavy atom. The van der Waals surface area contributed by atoms with E-state index >= 15 is 0 Å². The number of thiazole rings is 1. The van der Waals surface area contributed by atoms with Crippen molar-refractivity contribution < 1.29 is 29.0 Å². The summed E-state index contributed by atoms with van der Waals surface area (Å²) < 4.78 is 11.2. The molecule has 0 bridgehead atoms. The second-order valence-corrected chi connectivity index (χ2v) is 9.72. The Hall–Kier alpha value is -4.50. The number of methoxy groups -OCH3 is 1. The van der Waals surface area contributed by atoms with Crippen molar-refractivity contribution in [2.45, 2.75) is 19.9 Å². The summed E-state index contributed by atoms with van der Waals surface area (Å²) in [4.78, 5) is 44.8. The highest BCUT2D eigenvalue weighted by atomic mass is 32.1. The molecule has 0 spiro atoms. The van der Waals surface area contributed by atoms with Crippen LogP contribution in [-0.2, 0) is 14.3 Å². The third-order valence-corrected chi connectivity index (χ3v) is 7.30. The lowest BCUT2D eigenvalue weighted by atomic mass is 9.94. The number of nitrogens with zero attached hydrogens (tertiary/aromatic N) is 2. The summed E-state index contributed by atoms with van der Waals surface area (Å²) >= 11 is 1.25. The number of esters is 1. The topological polar surface area (TPSA) is 106 Å². The summed E-state index contributed by atoms with van der Waals surface area (Å²) in [5.74, 6) is -1.75. The van der Waals surface area contributed by atoms with Crippen molar-refractivity contribution in [1.82, 2.24) is 4.98 Å². The van der Waals surface area contributed by atoms with Gasteiger partial charge in [0, 0.05) is 5.56 Å². The highest BCUT2D eigenvalue weighted by Gasteiger charge is 2.48. The van der Waals surface area contributed by atoms with Gasteiger partial charge in [-0.15, -0.1) is 0 Å². The maximum atomic E-state index is 13.5. The van der Waals surface area contributed by atoms with E-state index in [1.165, 1.54) is 23.3 Å². The van der Waals surface area contributed by atoms with Crippen LogP contribution >= 0.6 is 11.3 Å². The van der Waals surface area contributed by atoms with Crippen molar-refractivity contribution in [1.29, 1.82) is 0 Å². The maximum Gasteiger partial charge on any atom is 0.337 e. The Morgan fingerprint density at radius 3 is 2.37 bits per heavy atom. The van der Waals surface area contributed by atoms with Crippen LogP contribution < -0.4 is 9.64 Å². The summed E-state index contributed by atoms with van der Waals surface area (Å²) in [6.45, 7) is 4.31. The zero-order chi connectivity index (χ0) is 27.0. The number of amides is 1. The standard InChI is InChI=1S/C29H24N2O6S/c1-4-37-20-13-14-21-22(15-20)38-29(30-21)31-24(17-9-11-19(12-10-17)28(35)36-3)23(26(33)27(31)34)25(32)18-7-5-16(2)6-8-18/h5-15,24,32H,4H2,1-3H3. The molecule has 9 heteroatoms. The lowest BCUT2D eigenvalue weighted by molar-refractivity contribution is -0.132. The first-order chi connectivity index (χ1) is 18.3. The summed E-state index contributed by atoms with van der Waals surface area (Å²) in [5.41, 5.74) is 2.83. The number of hydrogen-bond donors (Lipinski definition) is 1. The first-order valence-corrected chi connectivity index (χ1v) is 12.7. The average Bonchev–Trinajstić information content (AvgIpc) is 3.46. The van der Waals surface area contributed by atoms with Gasteiger partial charge in [-0.05, 0) is 49.7 Å². The predicted octanol–water partition coefficient (Wildman–Crippen LogP) is 5.42. The van der Waals surface area contributed by atoms with Gasteiger partial charge in [-0.3, -0.25) is 14.5 Å². The molecule has 1 unspecified atom stereocenters. The number of aliphatic hydroxyl groups excluding tert-OH is 1. The van der Waals surface area contributed by atoms with Crippen LogP contribution in [0.25, 0.3) is 16.0 Å². The van der Waals surface area contributed by atoms with Gasteiger partial charge in [0.05, 0.1) is 41.1 Å². The molecule has 1 N–H and O–H groups in total. The molecular weight excluding hydrogens is 504 g/mol. The number of ether oxygens (including phenoxy) is 2. The highest BCUT2D eigenvalue weighted by molar-refractivity contribution is 7.22. The first-order valence-electron chi connectivity index (χ1n) is 11.9. The SMILES string of the molecule is CCOc1ccc2nc(N3C(=O)C(=O)C(=C(O)c4ccc(C)cc4)C3c3ccc(C(=O)OC)cc3)sc2c1. The summed E-state index contributed by atoms with van der Waals surface area (Å²) in [6.07, 6.45) is 0. The molecule has 1 atom stereocenters. The van der Waals surface area contributed by atoms with E-state index in [-0.39, 0.29) is 11.3 Å². The number of fused-ring (bicyclic) bond motifs is 1.